The maximum atomic E-state index is 14.0. The molecule has 31 heavy (non-hydrogen) atoms. The molecule has 0 amide bonds. The molecule has 3 aromatic heterocycles. The van der Waals surface area contributed by atoms with E-state index in [2.05, 4.69) is 21.5 Å². The molecule has 0 unspecified atom stereocenters. The number of nitrogens with zero attached hydrogens (tertiary/aromatic N) is 5. The van der Waals surface area contributed by atoms with Crippen LogP contribution < -0.4 is 5.32 Å². The summed E-state index contributed by atoms with van der Waals surface area (Å²) in [5.41, 5.74) is 4.95. The quantitative estimate of drug-likeness (QED) is 0.447. The number of anilines is 1. The van der Waals surface area contributed by atoms with Crippen molar-refractivity contribution in [2.75, 3.05) is 5.32 Å². The van der Waals surface area contributed by atoms with Gasteiger partial charge in [-0.05, 0) is 49.4 Å². The number of pyridine rings is 1. The van der Waals surface area contributed by atoms with Crippen molar-refractivity contribution in [3.8, 4) is 17.2 Å². The van der Waals surface area contributed by atoms with Crippen molar-refractivity contribution in [2.45, 2.75) is 13.5 Å². The summed E-state index contributed by atoms with van der Waals surface area (Å²) >= 11 is 0. The van der Waals surface area contributed by atoms with Gasteiger partial charge in [0.25, 0.3) is 0 Å². The van der Waals surface area contributed by atoms with Crippen molar-refractivity contribution in [2.24, 2.45) is 7.05 Å². The van der Waals surface area contributed by atoms with Gasteiger partial charge in [0.1, 0.15) is 11.5 Å². The van der Waals surface area contributed by atoms with Gasteiger partial charge in [-0.3, -0.25) is 9.25 Å². The summed E-state index contributed by atoms with van der Waals surface area (Å²) in [5, 5.41) is 8.51. The molecule has 0 radical (unpaired) electrons. The van der Waals surface area contributed by atoms with Crippen molar-refractivity contribution >= 4 is 16.6 Å². The first kappa shape index (κ1) is 19.0. The summed E-state index contributed by atoms with van der Waals surface area (Å²) in [6.07, 6.45) is 3.81. The number of aryl methyl sites for hydroxylation is 2. The Morgan fingerprint density at radius 3 is 2.71 bits per heavy atom. The first-order valence-corrected chi connectivity index (χ1v) is 10.0. The van der Waals surface area contributed by atoms with E-state index in [-0.39, 0.29) is 5.82 Å². The highest BCUT2D eigenvalue weighted by atomic mass is 19.1. The number of imidazole rings is 1. The summed E-state index contributed by atoms with van der Waals surface area (Å²) in [7, 11) is 1.92. The van der Waals surface area contributed by atoms with Gasteiger partial charge in [-0.1, -0.05) is 18.2 Å². The number of fused-ring (bicyclic) bond motifs is 1. The number of aromatic nitrogens is 5. The van der Waals surface area contributed by atoms with E-state index in [0.717, 1.165) is 39.5 Å². The number of rotatable bonds is 5. The topological polar surface area (TPSA) is 60.6 Å². The van der Waals surface area contributed by atoms with Crippen LogP contribution in [-0.4, -0.2) is 24.3 Å². The number of para-hydroxylation sites is 1. The molecule has 5 aromatic rings. The molecule has 2 aromatic carbocycles. The normalized spacial score (nSPS) is 11.2. The molecule has 154 valence electrons. The highest BCUT2D eigenvalue weighted by molar-refractivity contribution is 5.81. The van der Waals surface area contributed by atoms with Crippen LogP contribution in [0.3, 0.4) is 0 Å². The zero-order chi connectivity index (χ0) is 21.4. The van der Waals surface area contributed by atoms with E-state index in [1.807, 2.05) is 65.9 Å². The molecule has 0 aliphatic carbocycles. The van der Waals surface area contributed by atoms with Gasteiger partial charge < -0.3 is 5.32 Å². The van der Waals surface area contributed by atoms with Gasteiger partial charge in [0.15, 0.2) is 5.82 Å². The van der Waals surface area contributed by atoms with Crippen LogP contribution in [0.2, 0.25) is 0 Å². The van der Waals surface area contributed by atoms with Crippen LogP contribution in [-0.2, 0) is 13.6 Å². The fourth-order valence-corrected chi connectivity index (χ4v) is 3.65. The zero-order valence-electron chi connectivity index (χ0n) is 17.2. The van der Waals surface area contributed by atoms with E-state index in [1.165, 1.54) is 6.07 Å². The summed E-state index contributed by atoms with van der Waals surface area (Å²) in [6, 6.07) is 18.7. The Labute approximate surface area is 179 Å². The number of halogens is 1. The molecule has 0 bridgehead atoms. The minimum atomic E-state index is -0.287. The third kappa shape index (κ3) is 3.66. The smallest absolute Gasteiger partial charge is 0.163 e. The van der Waals surface area contributed by atoms with E-state index in [4.69, 9.17) is 4.98 Å². The average Bonchev–Trinajstić information content (AvgIpc) is 3.37. The molecule has 0 aliphatic heterocycles. The number of hydrogen-bond donors (Lipinski definition) is 1. The SMILES string of the molecule is Cc1cccc(-c2nc(CNc3ccccc3F)cn2-c2ccc3c(cnn3C)c2)n1. The van der Waals surface area contributed by atoms with Crippen molar-refractivity contribution in [1.29, 1.82) is 0 Å². The second-order valence-electron chi connectivity index (χ2n) is 7.43. The Morgan fingerprint density at radius 2 is 1.87 bits per heavy atom. The first-order chi connectivity index (χ1) is 15.1. The summed E-state index contributed by atoms with van der Waals surface area (Å²) < 4.78 is 17.9. The lowest BCUT2D eigenvalue weighted by Crippen LogP contribution is -2.01. The first-order valence-electron chi connectivity index (χ1n) is 10.0. The number of hydrogen-bond acceptors (Lipinski definition) is 4. The minimum absolute atomic E-state index is 0.287. The van der Waals surface area contributed by atoms with Crippen molar-refractivity contribution < 1.29 is 4.39 Å². The Morgan fingerprint density at radius 1 is 1.00 bits per heavy atom. The van der Waals surface area contributed by atoms with Gasteiger partial charge in [0.2, 0.25) is 0 Å². The molecule has 0 saturated carbocycles. The molecular formula is C24H21FN6. The third-order valence-electron chi connectivity index (χ3n) is 5.22. The molecule has 1 N–H and O–H groups in total. The summed E-state index contributed by atoms with van der Waals surface area (Å²) in [4.78, 5) is 9.48. The fourth-order valence-electron chi connectivity index (χ4n) is 3.65. The van der Waals surface area contributed by atoms with Crippen LogP contribution in [0.25, 0.3) is 28.1 Å². The zero-order valence-corrected chi connectivity index (χ0v) is 17.2. The maximum Gasteiger partial charge on any atom is 0.163 e. The lowest BCUT2D eigenvalue weighted by Gasteiger charge is -2.08. The summed E-state index contributed by atoms with van der Waals surface area (Å²) in [5.74, 6) is 0.446. The molecule has 0 saturated heterocycles. The largest absolute Gasteiger partial charge is 0.377 e. The van der Waals surface area contributed by atoms with Gasteiger partial charge in [-0.25, -0.2) is 14.4 Å². The lowest BCUT2D eigenvalue weighted by atomic mass is 10.2. The van der Waals surface area contributed by atoms with Gasteiger partial charge in [-0.15, -0.1) is 0 Å². The lowest BCUT2D eigenvalue weighted by molar-refractivity contribution is 0.630. The van der Waals surface area contributed by atoms with Crippen molar-refractivity contribution in [1.82, 2.24) is 24.3 Å². The molecule has 7 heteroatoms. The fraction of sp³-hybridized carbons (Fsp3) is 0.125. The summed E-state index contributed by atoms with van der Waals surface area (Å²) in [6.45, 7) is 2.35. The standard InChI is InChI=1S/C24H21FN6/c1-16-6-5-9-22(28-16)24-29-18(14-26-21-8-4-3-7-20(21)25)15-31(24)19-10-11-23-17(12-19)13-27-30(23)2/h3-13,15,26H,14H2,1-2H3. The van der Waals surface area contributed by atoms with Crippen molar-refractivity contribution in [3.05, 3.63) is 90.3 Å². The molecule has 0 atom stereocenters. The van der Waals surface area contributed by atoms with Crippen molar-refractivity contribution in [3.63, 3.8) is 0 Å². The van der Waals surface area contributed by atoms with E-state index >= 15 is 0 Å². The second kappa shape index (κ2) is 7.68. The number of benzene rings is 2. The molecule has 0 fully saturated rings. The van der Waals surface area contributed by atoms with Crippen LogP contribution in [0.15, 0.2) is 73.1 Å². The van der Waals surface area contributed by atoms with Crippen LogP contribution in [0.1, 0.15) is 11.4 Å². The highest BCUT2D eigenvalue weighted by Crippen LogP contribution is 2.25. The van der Waals surface area contributed by atoms with Crippen LogP contribution >= 0.6 is 0 Å². The average molecular weight is 412 g/mol. The minimum Gasteiger partial charge on any atom is -0.377 e. The molecule has 0 aliphatic rings. The van der Waals surface area contributed by atoms with Crippen LogP contribution in [0, 0.1) is 12.7 Å². The van der Waals surface area contributed by atoms with Gasteiger partial charge in [0.05, 0.1) is 29.6 Å². The second-order valence-corrected chi connectivity index (χ2v) is 7.43. The van der Waals surface area contributed by atoms with E-state index in [1.54, 1.807) is 18.2 Å². The van der Waals surface area contributed by atoms with Gasteiger partial charge >= 0.3 is 0 Å². The predicted octanol–water partition coefficient (Wildman–Crippen LogP) is 4.88. The molecule has 6 nitrogen and oxygen atoms in total. The molecule has 3 heterocycles. The monoisotopic (exact) mass is 412 g/mol. The molecule has 5 rings (SSSR count). The molecule has 0 spiro atoms. The molecular weight excluding hydrogens is 391 g/mol. The Hall–Kier alpha value is -4.00. The van der Waals surface area contributed by atoms with Crippen LogP contribution in [0.5, 0.6) is 0 Å². The Bertz CT molecular complexity index is 1380. The predicted molar refractivity (Wildman–Crippen MR) is 120 cm³/mol. The Balaban J connectivity index is 1.57. The van der Waals surface area contributed by atoms with E-state index < -0.39 is 0 Å². The highest BCUT2D eigenvalue weighted by Gasteiger charge is 2.14. The maximum absolute atomic E-state index is 14.0. The van der Waals surface area contributed by atoms with E-state index in [9.17, 15) is 4.39 Å². The third-order valence-corrected chi connectivity index (χ3v) is 5.22. The van der Waals surface area contributed by atoms with Crippen LogP contribution in [0.4, 0.5) is 10.1 Å². The Kier molecular flexibility index (Phi) is 4.71. The van der Waals surface area contributed by atoms with Gasteiger partial charge in [0, 0.05) is 30.0 Å². The van der Waals surface area contributed by atoms with E-state index in [0.29, 0.717) is 12.2 Å². The van der Waals surface area contributed by atoms with Gasteiger partial charge in [-0.2, -0.15) is 5.10 Å². The number of nitrogens with one attached hydrogen (secondary N) is 1.